The van der Waals surface area contributed by atoms with Crippen molar-refractivity contribution in [2.45, 2.75) is 25.6 Å². The lowest BCUT2D eigenvalue weighted by atomic mass is 9.98. The van der Waals surface area contributed by atoms with Gasteiger partial charge in [0.2, 0.25) is 10.0 Å². The van der Waals surface area contributed by atoms with Crippen molar-refractivity contribution in [3.05, 3.63) is 80.9 Å². The van der Waals surface area contributed by atoms with Crippen molar-refractivity contribution >= 4 is 20.9 Å². The van der Waals surface area contributed by atoms with Crippen molar-refractivity contribution < 1.29 is 12.8 Å². The van der Waals surface area contributed by atoms with Gasteiger partial charge in [-0.25, -0.2) is 12.8 Å². The maximum Gasteiger partial charge on any atom is 0.251 e. The number of nitrogens with one attached hydrogen (secondary N) is 1. The number of aromatic amines is 1. The van der Waals surface area contributed by atoms with Crippen molar-refractivity contribution in [3.63, 3.8) is 0 Å². The summed E-state index contributed by atoms with van der Waals surface area (Å²) in [6, 6.07) is 11.3. The van der Waals surface area contributed by atoms with E-state index in [1.54, 1.807) is 6.92 Å². The molecule has 140 valence electrons. The van der Waals surface area contributed by atoms with Crippen LogP contribution in [0.4, 0.5) is 4.39 Å². The highest BCUT2D eigenvalue weighted by molar-refractivity contribution is 7.88. The minimum atomic E-state index is -3.52. The number of nitrogens with zero attached hydrogens (tertiary/aromatic N) is 1. The number of halogens is 1. The number of aryl methyl sites for hydroxylation is 1. The Morgan fingerprint density at radius 1 is 1.11 bits per heavy atom. The molecular weight excluding hydrogens is 367 g/mol. The van der Waals surface area contributed by atoms with Crippen molar-refractivity contribution in [2.24, 2.45) is 0 Å². The first-order valence-electron chi connectivity index (χ1n) is 8.69. The Morgan fingerprint density at radius 3 is 2.59 bits per heavy atom. The van der Waals surface area contributed by atoms with E-state index in [0.717, 1.165) is 16.5 Å². The molecule has 0 unspecified atom stereocenters. The summed E-state index contributed by atoms with van der Waals surface area (Å²) in [5, 5.41) is 0.952. The van der Waals surface area contributed by atoms with Crippen molar-refractivity contribution in [3.8, 4) is 0 Å². The van der Waals surface area contributed by atoms with Gasteiger partial charge in [0.25, 0.3) is 5.56 Å². The molecule has 0 radical (unpaired) electrons. The standard InChI is InChI=1S/C20H19FN2O3S/c1-13-8-16-9-15-6-7-23(11-17(15)10-19(16)22-20(13)24)27(25,26)12-14-2-4-18(21)5-3-14/h2-5,8-10H,6-7,11-12H2,1H3,(H,22,24). The summed E-state index contributed by atoms with van der Waals surface area (Å²) in [6.45, 7) is 2.44. The maximum atomic E-state index is 13.0. The highest BCUT2D eigenvalue weighted by atomic mass is 32.2. The molecule has 1 N–H and O–H groups in total. The number of pyridine rings is 1. The molecule has 2 heterocycles. The van der Waals surface area contributed by atoms with E-state index in [2.05, 4.69) is 4.98 Å². The second kappa shape index (κ2) is 6.58. The molecule has 0 fully saturated rings. The third-order valence-electron chi connectivity index (χ3n) is 4.98. The Morgan fingerprint density at radius 2 is 1.85 bits per heavy atom. The number of rotatable bonds is 3. The summed E-state index contributed by atoms with van der Waals surface area (Å²) in [5.74, 6) is -0.550. The van der Waals surface area contributed by atoms with Crippen molar-refractivity contribution in [1.82, 2.24) is 9.29 Å². The van der Waals surface area contributed by atoms with Gasteiger partial charge in [0.1, 0.15) is 5.82 Å². The van der Waals surface area contributed by atoms with Crippen LogP contribution >= 0.6 is 0 Å². The molecular formula is C20H19FN2O3S. The monoisotopic (exact) mass is 386 g/mol. The van der Waals surface area contributed by atoms with E-state index >= 15 is 0 Å². The Labute approximate surface area is 156 Å². The second-order valence-corrected chi connectivity index (χ2v) is 8.92. The molecule has 0 saturated heterocycles. The zero-order chi connectivity index (χ0) is 19.2. The third kappa shape index (κ3) is 3.52. The number of fused-ring (bicyclic) bond motifs is 2. The maximum absolute atomic E-state index is 13.0. The van der Waals surface area contributed by atoms with Gasteiger partial charge in [-0.3, -0.25) is 4.79 Å². The molecule has 0 spiro atoms. The van der Waals surface area contributed by atoms with E-state index < -0.39 is 10.0 Å². The summed E-state index contributed by atoms with van der Waals surface area (Å²) >= 11 is 0. The van der Waals surface area contributed by atoms with Gasteiger partial charge in [-0.1, -0.05) is 12.1 Å². The van der Waals surface area contributed by atoms with Gasteiger partial charge in [-0.2, -0.15) is 4.31 Å². The van der Waals surface area contributed by atoms with E-state index in [9.17, 15) is 17.6 Å². The first-order chi connectivity index (χ1) is 12.8. The highest BCUT2D eigenvalue weighted by Crippen LogP contribution is 2.26. The van der Waals surface area contributed by atoms with Gasteiger partial charge < -0.3 is 4.98 Å². The largest absolute Gasteiger partial charge is 0.322 e. The minimum Gasteiger partial charge on any atom is -0.322 e. The second-order valence-electron chi connectivity index (χ2n) is 6.96. The van der Waals surface area contributed by atoms with Crippen LogP contribution in [0.15, 0.2) is 47.3 Å². The summed E-state index contributed by atoms with van der Waals surface area (Å²) in [4.78, 5) is 14.7. The van der Waals surface area contributed by atoms with E-state index in [1.807, 2.05) is 18.2 Å². The molecule has 1 aliphatic heterocycles. The first-order valence-corrected chi connectivity index (χ1v) is 10.3. The molecule has 1 aliphatic rings. The highest BCUT2D eigenvalue weighted by Gasteiger charge is 2.27. The molecule has 0 aliphatic carbocycles. The molecule has 7 heteroatoms. The molecule has 0 atom stereocenters. The van der Waals surface area contributed by atoms with E-state index in [0.29, 0.717) is 29.6 Å². The molecule has 0 saturated carbocycles. The zero-order valence-corrected chi connectivity index (χ0v) is 15.6. The molecule has 0 amide bonds. The normalized spacial score (nSPS) is 15.0. The topological polar surface area (TPSA) is 70.2 Å². The zero-order valence-electron chi connectivity index (χ0n) is 14.8. The van der Waals surface area contributed by atoms with Crippen LogP contribution in [0.1, 0.15) is 22.3 Å². The quantitative estimate of drug-likeness (QED) is 0.753. The molecule has 5 nitrogen and oxygen atoms in total. The minimum absolute atomic E-state index is 0.140. The third-order valence-corrected chi connectivity index (χ3v) is 6.78. The lowest BCUT2D eigenvalue weighted by Crippen LogP contribution is -2.36. The Bertz CT molecular complexity index is 1180. The average molecular weight is 386 g/mol. The predicted octanol–water partition coefficient (Wildman–Crippen LogP) is 2.86. The Kier molecular flexibility index (Phi) is 4.36. The van der Waals surface area contributed by atoms with Crippen molar-refractivity contribution in [1.29, 1.82) is 0 Å². The van der Waals surface area contributed by atoms with E-state index in [1.165, 1.54) is 28.6 Å². The first kappa shape index (κ1) is 17.9. The van der Waals surface area contributed by atoms with Crippen molar-refractivity contribution in [2.75, 3.05) is 6.54 Å². The summed E-state index contributed by atoms with van der Waals surface area (Å²) < 4.78 is 40.1. The van der Waals surface area contributed by atoms with Gasteiger partial charge in [0, 0.05) is 24.2 Å². The Balaban J connectivity index is 1.63. The number of H-pyrrole nitrogens is 1. The van der Waals surface area contributed by atoms with Crippen LogP contribution in [-0.4, -0.2) is 24.3 Å². The van der Waals surface area contributed by atoms with Gasteiger partial charge in [0.15, 0.2) is 0 Å². The fourth-order valence-corrected chi connectivity index (χ4v) is 4.97. The smallest absolute Gasteiger partial charge is 0.251 e. The van der Waals surface area contributed by atoms with Crippen LogP contribution in [0.25, 0.3) is 10.9 Å². The molecule has 4 rings (SSSR count). The van der Waals surface area contributed by atoms with Gasteiger partial charge in [-0.05, 0) is 65.8 Å². The number of sulfonamides is 1. The number of hydrogen-bond acceptors (Lipinski definition) is 3. The van der Waals surface area contributed by atoms with Gasteiger partial charge in [0.05, 0.1) is 5.75 Å². The fourth-order valence-electron chi connectivity index (χ4n) is 3.47. The SMILES string of the molecule is Cc1cc2cc3c(cc2[nH]c1=O)CN(S(=O)(=O)Cc1ccc(F)cc1)CC3. The molecule has 2 aromatic carbocycles. The summed E-state index contributed by atoms with van der Waals surface area (Å²) in [5.41, 5.74) is 3.78. The molecule has 3 aromatic rings. The van der Waals surface area contributed by atoms with Gasteiger partial charge >= 0.3 is 0 Å². The fraction of sp³-hybridized carbons (Fsp3) is 0.250. The number of benzene rings is 2. The summed E-state index contributed by atoms with van der Waals surface area (Å²) in [6.07, 6.45) is 0.617. The number of hydrogen-bond donors (Lipinski definition) is 1. The van der Waals surface area contributed by atoms with Crippen LogP contribution in [-0.2, 0) is 28.7 Å². The summed E-state index contributed by atoms with van der Waals surface area (Å²) in [7, 11) is -3.52. The molecule has 1 aromatic heterocycles. The van der Waals surface area contributed by atoms with E-state index in [4.69, 9.17) is 0 Å². The molecule has 0 bridgehead atoms. The van der Waals surface area contributed by atoms with Crippen LogP contribution in [0.5, 0.6) is 0 Å². The van der Waals surface area contributed by atoms with E-state index in [-0.39, 0.29) is 23.7 Å². The molecule has 27 heavy (non-hydrogen) atoms. The van der Waals surface area contributed by atoms with Gasteiger partial charge in [-0.15, -0.1) is 0 Å². The van der Waals surface area contributed by atoms with Crippen LogP contribution < -0.4 is 5.56 Å². The van der Waals surface area contributed by atoms with Crippen LogP contribution in [0, 0.1) is 12.7 Å². The average Bonchev–Trinajstić information content (AvgIpc) is 2.62. The lowest BCUT2D eigenvalue weighted by molar-refractivity contribution is 0.391. The number of aromatic nitrogens is 1. The lowest BCUT2D eigenvalue weighted by Gasteiger charge is -2.28. The Hall–Kier alpha value is -2.51. The predicted molar refractivity (Wildman–Crippen MR) is 102 cm³/mol. The van der Waals surface area contributed by atoms with Crippen LogP contribution in [0.2, 0.25) is 0 Å². The van der Waals surface area contributed by atoms with Crippen LogP contribution in [0.3, 0.4) is 0 Å².